The van der Waals surface area contributed by atoms with Gasteiger partial charge in [0.25, 0.3) is 0 Å². The fourth-order valence-corrected chi connectivity index (χ4v) is 0.609. The van der Waals surface area contributed by atoms with Crippen LogP contribution in [0.25, 0.3) is 0 Å². The van der Waals surface area contributed by atoms with Crippen LogP contribution in [0.3, 0.4) is 0 Å². The molecule has 0 aliphatic carbocycles. The van der Waals surface area contributed by atoms with Crippen molar-refractivity contribution in [2.24, 2.45) is 4.99 Å². The normalized spacial score (nSPS) is 20.3. The molecule has 1 radical (unpaired) electrons. The summed E-state index contributed by atoms with van der Waals surface area (Å²) in [5, 5.41) is 4.00. The van der Waals surface area contributed by atoms with Crippen LogP contribution in [-0.2, 0) is 0 Å². The SMILES string of the molecule is CC/N=C1/C=CC=C[N]1. The van der Waals surface area contributed by atoms with Crippen LogP contribution in [-0.4, -0.2) is 12.4 Å². The van der Waals surface area contributed by atoms with Crippen molar-refractivity contribution in [1.82, 2.24) is 5.32 Å². The Balaban J connectivity index is 2.55. The number of amidine groups is 1. The number of hydrogen-bond donors (Lipinski definition) is 0. The minimum absolute atomic E-state index is 0.803. The van der Waals surface area contributed by atoms with E-state index in [1.807, 2.05) is 25.2 Å². The Hall–Kier alpha value is -1.05. The number of aliphatic imine (C=N–C) groups is 1. The number of rotatable bonds is 1. The van der Waals surface area contributed by atoms with Gasteiger partial charge >= 0.3 is 0 Å². The molecule has 2 heteroatoms. The topological polar surface area (TPSA) is 26.5 Å². The van der Waals surface area contributed by atoms with Crippen LogP contribution in [0.5, 0.6) is 0 Å². The maximum absolute atomic E-state index is 4.10. The highest BCUT2D eigenvalue weighted by Gasteiger charge is 1.91. The second-order valence-corrected chi connectivity index (χ2v) is 1.66. The van der Waals surface area contributed by atoms with Crippen molar-refractivity contribution in [2.75, 3.05) is 6.54 Å². The highest BCUT2D eigenvalue weighted by Crippen LogP contribution is 1.88. The number of allylic oxidation sites excluding steroid dienone is 2. The lowest BCUT2D eigenvalue weighted by Gasteiger charge is -1.98. The third kappa shape index (κ3) is 1.72. The second kappa shape index (κ2) is 3.07. The maximum atomic E-state index is 4.10. The standard InChI is InChI=1S/C7H9N2/c1-2-8-7-5-3-4-6-9-7/h3-6H,2H2,1H3/b8-7-. The zero-order valence-corrected chi connectivity index (χ0v) is 5.41. The quantitative estimate of drug-likeness (QED) is 0.496. The minimum Gasteiger partial charge on any atom is -0.267 e. The molecule has 0 saturated carbocycles. The summed E-state index contributed by atoms with van der Waals surface area (Å²) < 4.78 is 0. The van der Waals surface area contributed by atoms with Crippen LogP contribution in [0.4, 0.5) is 0 Å². The van der Waals surface area contributed by atoms with Crippen LogP contribution in [0.15, 0.2) is 29.4 Å². The molecule has 1 aliphatic rings. The van der Waals surface area contributed by atoms with Gasteiger partial charge in [0, 0.05) is 12.7 Å². The van der Waals surface area contributed by atoms with E-state index in [1.54, 1.807) is 6.20 Å². The van der Waals surface area contributed by atoms with Crippen LogP contribution in [0, 0.1) is 0 Å². The largest absolute Gasteiger partial charge is 0.267 e. The lowest BCUT2D eigenvalue weighted by Crippen LogP contribution is -2.08. The van der Waals surface area contributed by atoms with Crippen molar-refractivity contribution in [1.29, 1.82) is 0 Å². The average Bonchev–Trinajstić information content (AvgIpc) is 1.91. The zero-order chi connectivity index (χ0) is 6.53. The first-order valence-electron chi connectivity index (χ1n) is 3.02. The Kier molecular flexibility index (Phi) is 2.07. The molecule has 47 valence electrons. The van der Waals surface area contributed by atoms with Gasteiger partial charge in [0.05, 0.1) is 0 Å². The molecule has 0 amide bonds. The van der Waals surface area contributed by atoms with Gasteiger partial charge in [0.1, 0.15) is 5.84 Å². The Morgan fingerprint density at radius 1 is 1.56 bits per heavy atom. The minimum atomic E-state index is 0.803. The summed E-state index contributed by atoms with van der Waals surface area (Å²) in [6, 6.07) is 0. The molecule has 0 atom stereocenters. The molecule has 0 aromatic heterocycles. The summed E-state index contributed by atoms with van der Waals surface area (Å²) in [6.45, 7) is 2.80. The Labute approximate surface area is 55.0 Å². The van der Waals surface area contributed by atoms with E-state index in [2.05, 4.69) is 10.3 Å². The summed E-state index contributed by atoms with van der Waals surface area (Å²) in [4.78, 5) is 4.10. The first kappa shape index (κ1) is 6.08. The molecular formula is C7H9N2. The molecule has 9 heavy (non-hydrogen) atoms. The molecule has 1 aliphatic heterocycles. The van der Waals surface area contributed by atoms with E-state index in [1.165, 1.54) is 0 Å². The van der Waals surface area contributed by atoms with Crippen molar-refractivity contribution in [3.63, 3.8) is 0 Å². The number of nitrogens with zero attached hydrogens (tertiary/aromatic N) is 2. The first-order valence-corrected chi connectivity index (χ1v) is 3.02. The third-order valence-corrected chi connectivity index (χ3v) is 0.969. The molecule has 0 bridgehead atoms. The molecule has 2 nitrogen and oxygen atoms in total. The maximum Gasteiger partial charge on any atom is 0.147 e. The molecule has 1 rings (SSSR count). The first-order chi connectivity index (χ1) is 4.43. The van der Waals surface area contributed by atoms with Crippen molar-refractivity contribution >= 4 is 5.84 Å². The fraction of sp³-hybridized carbons (Fsp3) is 0.286. The Morgan fingerprint density at radius 3 is 3.00 bits per heavy atom. The summed E-state index contributed by atoms with van der Waals surface area (Å²) >= 11 is 0. The van der Waals surface area contributed by atoms with E-state index in [-0.39, 0.29) is 0 Å². The van der Waals surface area contributed by atoms with Crippen molar-refractivity contribution in [3.05, 3.63) is 24.4 Å². The van der Waals surface area contributed by atoms with Gasteiger partial charge in [-0.15, -0.1) is 0 Å². The van der Waals surface area contributed by atoms with Gasteiger partial charge in [-0.05, 0) is 19.1 Å². The summed E-state index contributed by atoms with van der Waals surface area (Å²) in [7, 11) is 0. The molecule has 0 fully saturated rings. The second-order valence-electron chi connectivity index (χ2n) is 1.66. The monoisotopic (exact) mass is 121 g/mol. The molecule has 0 spiro atoms. The molecule has 1 heterocycles. The Morgan fingerprint density at radius 2 is 2.44 bits per heavy atom. The lowest BCUT2D eigenvalue weighted by molar-refractivity contribution is 1.09. The van der Waals surface area contributed by atoms with Gasteiger partial charge in [-0.25, -0.2) is 5.32 Å². The highest BCUT2D eigenvalue weighted by molar-refractivity contribution is 5.94. The van der Waals surface area contributed by atoms with E-state index in [9.17, 15) is 0 Å². The van der Waals surface area contributed by atoms with E-state index in [0.717, 1.165) is 12.4 Å². The average molecular weight is 121 g/mol. The zero-order valence-electron chi connectivity index (χ0n) is 5.41. The fourth-order valence-electron chi connectivity index (χ4n) is 0.609. The van der Waals surface area contributed by atoms with E-state index < -0.39 is 0 Å². The van der Waals surface area contributed by atoms with E-state index in [0.29, 0.717) is 0 Å². The molecular weight excluding hydrogens is 112 g/mol. The van der Waals surface area contributed by atoms with Crippen LogP contribution in [0.2, 0.25) is 0 Å². The molecule has 0 aromatic rings. The van der Waals surface area contributed by atoms with Crippen LogP contribution >= 0.6 is 0 Å². The third-order valence-electron chi connectivity index (χ3n) is 0.969. The van der Waals surface area contributed by atoms with Gasteiger partial charge in [-0.2, -0.15) is 0 Å². The molecule has 0 aromatic carbocycles. The number of hydrogen-bond acceptors (Lipinski definition) is 1. The van der Waals surface area contributed by atoms with E-state index >= 15 is 0 Å². The predicted molar refractivity (Wildman–Crippen MR) is 38.4 cm³/mol. The lowest BCUT2D eigenvalue weighted by atomic mass is 10.4. The summed E-state index contributed by atoms with van der Waals surface area (Å²) in [5.41, 5.74) is 0. The molecule has 0 N–H and O–H groups in total. The predicted octanol–water partition coefficient (Wildman–Crippen LogP) is 1.09. The molecule has 0 unspecified atom stereocenters. The summed E-state index contributed by atoms with van der Waals surface area (Å²) in [6.07, 6.45) is 7.45. The smallest absolute Gasteiger partial charge is 0.147 e. The Bertz CT molecular complexity index is 166. The van der Waals surface area contributed by atoms with Gasteiger partial charge in [-0.3, -0.25) is 4.99 Å². The van der Waals surface area contributed by atoms with Crippen molar-refractivity contribution in [2.45, 2.75) is 6.92 Å². The van der Waals surface area contributed by atoms with Crippen molar-refractivity contribution < 1.29 is 0 Å². The van der Waals surface area contributed by atoms with Crippen LogP contribution in [0.1, 0.15) is 6.92 Å². The van der Waals surface area contributed by atoms with Crippen molar-refractivity contribution in [3.8, 4) is 0 Å². The summed E-state index contributed by atoms with van der Waals surface area (Å²) in [5.74, 6) is 0.819. The van der Waals surface area contributed by atoms with Gasteiger partial charge in [0.15, 0.2) is 0 Å². The van der Waals surface area contributed by atoms with E-state index in [4.69, 9.17) is 0 Å². The van der Waals surface area contributed by atoms with Crippen LogP contribution < -0.4 is 5.32 Å². The van der Waals surface area contributed by atoms with Gasteiger partial charge in [-0.1, -0.05) is 6.08 Å². The highest BCUT2D eigenvalue weighted by atomic mass is 15.0. The van der Waals surface area contributed by atoms with Gasteiger partial charge < -0.3 is 0 Å². The molecule has 0 saturated heterocycles. The van der Waals surface area contributed by atoms with Gasteiger partial charge in [0.2, 0.25) is 0 Å².